The van der Waals surface area contributed by atoms with Crippen molar-refractivity contribution in [2.24, 2.45) is 5.92 Å². The molecule has 0 saturated carbocycles. The number of benzene rings is 1. The summed E-state index contributed by atoms with van der Waals surface area (Å²) in [6.45, 7) is 10.3. The summed E-state index contributed by atoms with van der Waals surface area (Å²) in [5.74, 6) is -3.38. The van der Waals surface area contributed by atoms with E-state index in [0.29, 0.717) is 24.3 Å². The van der Waals surface area contributed by atoms with E-state index in [4.69, 9.17) is 30.5 Å². The van der Waals surface area contributed by atoms with Crippen molar-refractivity contribution >= 4 is 70.6 Å². The van der Waals surface area contributed by atoms with Crippen molar-refractivity contribution in [3.05, 3.63) is 58.7 Å². The number of methoxy groups -OCH3 is 2. The Labute approximate surface area is 395 Å². The maximum Gasteiger partial charge on any atom is 0.409 e. The number of rotatable bonds is 14. The summed E-state index contributed by atoms with van der Waals surface area (Å²) >= 11 is 8.08. The van der Waals surface area contributed by atoms with Crippen LogP contribution in [-0.4, -0.2) is 149 Å². The molecule has 0 radical (unpaired) electrons. The maximum atomic E-state index is 14.2. The first kappa shape index (κ1) is 53.7. The van der Waals surface area contributed by atoms with Gasteiger partial charge < -0.3 is 44.3 Å². The van der Waals surface area contributed by atoms with E-state index in [-0.39, 0.29) is 49.0 Å². The van der Waals surface area contributed by atoms with Gasteiger partial charge >= 0.3 is 12.1 Å². The number of nitrogens with one attached hydrogen (secondary N) is 2. The minimum absolute atomic E-state index is 0.00347. The molecule has 1 fully saturated rings. The Morgan fingerprint density at radius 3 is 2.42 bits per heavy atom. The first-order valence-electron chi connectivity index (χ1n) is 21.6. The molecule has 66 heavy (non-hydrogen) atoms. The number of nitrogens with zero attached hydrogens (tertiary/aromatic N) is 3. The van der Waals surface area contributed by atoms with E-state index in [9.17, 15) is 43.8 Å². The number of halogens is 1. The molecule has 0 spiro atoms. The van der Waals surface area contributed by atoms with Crippen molar-refractivity contribution in [3.63, 3.8) is 0 Å². The Balaban J connectivity index is 1.53. The summed E-state index contributed by atoms with van der Waals surface area (Å²) in [6.07, 6.45) is 2.96. The Kier molecular flexibility index (Phi) is 18.5. The van der Waals surface area contributed by atoms with E-state index >= 15 is 0 Å². The molecule has 1 saturated heterocycles. The van der Waals surface area contributed by atoms with Gasteiger partial charge in [0, 0.05) is 64.0 Å². The number of ether oxygens (including phenoxy) is 4. The number of aliphatic hydroxyl groups is 2. The predicted octanol–water partition coefficient (Wildman–Crippen LogP) is 3.83. The molecule has 1 aromatic rings. The molecule has 6 amide bonds. The number of imide groups is 1. The summed E-state index contributed by atoms with van der Waals surface area (Å²) < 4.78 is 22.2. The number of fused-ring (bicyclic) bond motifs is 4. The molecule has 1 aromatic carbocycles. The summed E-state index contributed by atoms with van der Waals surface area (Å²) in [5, 5.41) is 29.3. The topological polar surface area (TPSA) is 231 Å². The van der Waals surface area contributed by atoms with Crippen LogP contribution in [0.1, 0.15) is 79.2 Å². The van der Waals surface area contributed by atoms with Gasteiger partial charge in [0.1, 0.15) is 35.1 Å². The Bertz CT molecular complexity index is 2090. The summed E-state index contributed by atoms with van der Waals surface area (Å²) in [7, 11) is 5.78. The van der Waals surface area contributed by atoms with Crippen molar-refractivity contribution < 1.29 is 62.7 Å². The molecule has 0 aromatic heterocycles. The molecule has 20 heteroatoms. The van der Waals surface area contributed by atoms with Crippen LogP contribution in [0.5, 0.6) is 5.75 Å². The van der Waals surface area contributed by atoms with Crippen LogP contribution in [0.2, 0.25) is 5.02 Å². The number of alkyl carbamates (subject to hydrolysis) is 1. The number of anilines is 1. The van der Waals surface area contributed by atoms with Crippen LogP contribution in [0.25, 0.3) is 0 Å². The van der Waals surface area contributed by atoms with E-state index in [1.54, 1.807) is 31.2 Å². The van der Waals surface area contributed by atoms with E-state index in [1.165, 1.54) is 75.9 Å². The first-order valence-corrected chi connectivity index (χ1v) is 23.0. The highest BCUT2D eigenvalue weighted by atomic mass is 35.5. The maximum absolute atomic E-state index is 14.2. The van der Waals surface area contributed by atoms with Crippen molar-refractivity contribution in [2.45, 2.75) is 120 Å². The minimum atomic E-state index is -1.95. The van der Waals surface area contributed by atoms with Gasteiger partial charge in [0.2, 0.25) is 17.7 Å². The lowest BCUT2D eigenvalue weighted by Crippen LogP contribution is -2.63. The number of thioether (sulfide) groups is 1. The molecule has 0 unspecified atom stereocenters. The van der Waals surface area contributed by atoms with Gasteiger partial charge in [0.25, 0.3) is 11.8 Å². The molecule has 4 N–H and O–H groups in total. The SMILES string of the molecule is COc1cc2cc(c1Cl)N(C)C(=O)C[C@H](OC(=O)[C@H](C)N(C)C(=O)CCC(C)(C)SCC(=O)NCCN1C(=O)C=CC1=O)[C@](C)(O)C[C@H](C)[C@@H]1C[C@@](O)(NC(=O)O1)[C@H](OC)/C=C/C=C(\C)C2. The van der Waals surface area contributed by atoms with Gasteiger partial charge in [0.05, 0.1) is 30.6 Å². The zero-order chi connectivity index (χ0) is 49.3. The van der Waals surface area contributed by atoms with Crippen molar-refractivity contribution in [2.75, 3.05) is 52.1 Å². The summed E-state index contributed by atoms with van der Waals surface area (Å²) in [4.78, 5) is 94.2. The predicted molar refractivity (Wildman–Crippen MR) is 248 cm³/mol. The van der Waals surface area contributed by atoms with E-state index in [2.05, 4.69) is 10.6 Å². The zero-order valence-electron chi connectivity index (χ0n) is 39.3. The number of esters is 1. The molecule has 3 aliphatic heterocycles. The number of hydrogen-bond donors (Lipinski definition) is 4. The normalized spacial score (nSPS) is 27.0. The largest absolute Gasteiger partial charge is 0.495 e. The molecule has 18 nitrogen and oxygen atoms in total. The minimum Gasteiger partial charge on any atom is -0.495 e. The Morgan fingerprint density at radius 2 is 1.79 bits per heavy atom. The molecular formula is C46H64ClN5O13S. The van der Waals surface area contributed by atoms with Crippen LogP contribution < -0.4 is 20.3 Å². The van der Waals surface area contributed by atoms with Crippen molar-refractivity contribution in [1.82, 2.24) is 20.4 Å². The highest BCUT2D eigenvalue weighted by molar-refractivity contribution is 8.01. The van der Waals surface area contributed by atoms with E-state index in [0.717, 1.165) is 16.0 Å². The number of hydrogen-bond acceptors (Lipinski definition) is 14. The number of amides is 6. The van der Waals surface area contributed by atoms with Crippen LogP contribution >= 0.6 is 23.4 Å². The van der Waals surface area contributed by atoms with Gasteiger partial charge in [0.15, 0.2) is 5.72 Å². The summed E-state index contributed by atoms with van der Waals surface area (Å²) in [5.41, 5.74) is -1.94. The van der Waals surface area contributed by atoms with Crippen LogP contribution in [0.4, 0.5) is 10.5 Å². The third-order valence-electron chi connectivity index (χ3n) is 12.1. The van der Waals surface area contributed by atoms with Gasteiger partial charge in [-0.25, -0.2) is 9.59 Å². The fraction of sp³-hybridized carbons (Fsp3) is 0.587. The van der Waals surface area contributed by atoms with Crippen LogP contribution in [0.3, 0.4) is 0 Å². The highest BCUT2D eigenvalue weighted by Gasteiger charge is 2.49. The van der Waals surface area contributed by atoms with E-state index in [1.807, 2.05) is 26.8 Å². The Morgan fingerprint density at radius 1 is 1.12 bits per heavy atom. The molecular weight excluding hydrogens is 898 g/mol. The van der Waals surface area contributed by atoms with Gasteiger partial charge in [-0.2, -0.15) is 0 Å². The second kappa shape index (κ2) is 22.7. The van der Waals surface area contributed by atoms with Gasteiger partial charge in [-0.1, -0.05) is 56.2 Å². The lowest BCUT2D eigenvalue weighted by Gasteiger charge is -2.43. The van der Waals surface area contributed by atoms with Gasteiger partial charge in [-0.05, 0) is 63.6 Å². The molecule has 4 bridgehead atoms. The van der Waals surface area contributed by atoms with Crippen LogP contribution in [-0.2, 0) is 49.4 Å². The lowest BCUT2D eigenvalue weighted by molar-refractivity contribution is -0.176. The Hall–Kier alpha value is -4.95. The highest BCUT2D eigenvalue weighted by Crippen LogP contribution is 2.39. The number of allylic oxidation sites excluding steroid dienone is 3. The standard InChI is InChI=1S/C46H64ClN5O13S/c1-27-12-11-13-34(63-10)46(61)25-33(64-43(59)49-46)28(2)24-45(6,60)35(23-40(57)51(8)31-21-30(20-27)22-32(62-9)41(31)47)65-42(58)29(3)50(7)37(54)16-17-44(4,5)66-26-36(53)48-18-19-52-38(55)14-15-39(52)56/h11-15,21-22,28-29,33-35,60-61H,16-20,23-26H2,1-10H3,(H,48,53)(H,49,59)/b13-11+,27-12+/t28-,29-,33-,34+,35-,45+,46-/m0/s1. The lowest BCUT2D eigenvalue weighted by atomic mass is 9.81. The van der Waals surface area contributed by atoms with E-state index < -0.39 is 88.5 Å². The number of likely N-dealkylation sites (N-methyl/N-ethyl adjacent to an activating group) is 1. The fourth-order valence-electron chi connectivity index (χ4n) is 7.79. The molecule has 3 heterocycles. The molecule has 364 valence electrons. The smallest absolute Gasteiger partial charge is 0.409 e. The monoisotopic (exact) mass is 961 g/mol. The average Bonchev–Trinajstić information content (AvgIpc) is 3.57. The third kappa shape index (κ3) is 14.0. The van der Waals surface area contributed by atoms with Crippen LogP contribution in [0.15, 0.2) is 48.1 Å². The molecule has 7 atom stereocenters. The van der Waals surface area contributed by atoms with Crippen LogP contribution in [0, 0.1) is 5.92 Å². The molecule has 4 rings (SSSR count). The number of carbonyl (C=O) groups is 7. The molecule has 3 aliphatic rings. The first-order chi connectivity index (χ1) is 30.8. The fourth-order valence-corrected chi connectivity index (χ4v) is 8.97. The average molecular weight is 963 g/mol. The zero-order valence-corrected chi connectivity index (χ0v) is 40.9. The van der Waals surface area contributed by atoms with Crippen molar-refractivity contribution in [3.8, 4) is 5.75 Å². The second-order valence-corrected chi connectivity index (χ2v) is 20.0. The van der Waals surface area contributed by atoms with Crippen molar-refractivity contribution in [1.29, 1.82) is 0 Å². The quantitative estimate of drug-likeness (QED) is 0.154. The van der Waals surface area contributed by atoms with Gasteiger partial charge in [-0.15, -0.1) is 11.8 Å². The number of carbonyl (C=O) groups excluding carboxylic acids is 7. The second-order valence-electron chi connectivity index (χ2n) is 17.9. The molecule has 0 aliphatic carbocycles. The van der Waals surface area contributed by atoms with Gasteiger partial charge in [-0.3, -0.25) is 34.2 Å². The summed E-state index contributed by atoms with van der Waals surface area (Å²) in [6, 6.07) is 2.30. The third-order valence-corrected chi connectivity index (χ3v) is 13.9.